The number of ether oxygens (including phenoxy) is 2. The molecule has 96 valence electrons. The molecule has 0 atom stereocenters. The van der Waals surface area contributed by atoms with Crippen molar-refractivity contribution in [3.8, 4) is 0 Å². The number of pyridine rings is 1. The van der Waals surface area contributed by atoms with Gasteiger partial charge >= 0.3 is 0 Å². The Morgan fingerprint density at radius 2 is 2.00 bits per heavy atom. The summed E-state index contributed by atoms with van der Waals surface area (Å²) in [5.41, 5.74) is 2.45. The van der Waals surface area contributed by atoms with E-state index in [2.05, 4.69) is 17.2 Å². The van der Waals surface area contributed by atoms with Gasteiger partial charge in [0.05, 0.1) is 0 Å². The van der Waals surface area contributed by atoms with Gasteiger partial charge in [-0.15, -0.1) is 0 Å². The molecule has 0 spiro atoms. The van der Waals surface area contributed by atoms with Crippen LogP contribution in [0.15, 0.2) is 18.5 Å². The topological polar surface area (TPSA) is 43.4 Å². The van der Waals surface area contributed by atoms with Crippen LogP contribution in [-0.4, -0.2) is 31.0 Å². The first-order valence-electron chi connectivity index (χ1n) is 6.11. The largest absolute Gasteiger partial charge is 0.352 e. The van der Waals surface area contributed by atoms with Crippen LogP contribution in [0.3, 0.4) is 0 Å². The van der Waals surface area contributed by atoms with Crippen molar-refractivity contribution in [1.82, 2.24) is 10.3 Å². The maximum absolute atomic E-state index is 5.45. The molecule has 0 unspecified atom stereocenters. The van der Waals surface area contributed by atoms with Crippen molar-refractivity contribution in [2.24, 2.45) is 0 Å². The lowest BCUT2D eigenvalue weighted by Gasteiger charge is -2.17. The van der Waals surface area contributed by atoms with E-state index < -0.39 is 0 Å². The van der Waals surface area contributed by atoms with Crippen LogP contribution in [0.2, 0.25) is 0 Å². The third-order valence-corrected chi connectivity index (χ3v) is 2.47. The van der Waals surface area contributed by atoms with E-state index in [1.807, 2.05) is 32.3 Å². The second-order valence-corrected chi connectivity index (χ2v) is 3.77. The van der Waals surface area contributed by atoms with Gasteiger partial charge in [0.1, 0.15) is 0 Å². The first-order valence-corrected chi connectivity index (χ1v) is 6.11. The van der Waals surface area contributed by atoms with Crippen LogP contribution in [0, 0.1) is 6.92 Å². The number of rotatable bonds is 8. The highest BCUT2D eigenvalue weighted by Crippen LogP contribution is 2.04. The molecule has 0 amide bonds. The molecular formula is C13H22N2O2. The zero-order valence-corrected chi connectivity index (χ0v) is 10.9. The van der Waals surface area contributed by atoms with Crippen LogP contribution in [-0.2, 0) is 16.0 Å². The number of hydrogen-bond acceptors (Lipinski definition) is 4. The summed E-state index contributed by atoms with van der Waals surface area (Å²) in [6, 6.07) is 2.03. The minimum Gasteiger partial charge on any atom is -0.352 e. The lowest BCUT2D eigenvalue weighted by atomic mass is 10.1. The van der Waals surface area contributed by atoms with Crippen LogP contribution in [0.25, 0.3) is 0 Å². The van der Waals surface area contributed by atoms with Gasteiger partial charge in [-0.1, -0.05) is 0 Å². The predicted octanol–water partition coefficient (Wildman–Crippen LogP) is 1.88. The molecule has 0 aliphatic rings. The average Bonchev–Trinajstić information content (AvgIpc) is 2.32. The number of nitrogens with one attached hydrogen (secondary N) is 1. The van der Waals surface area contributed by atoms with Crippen molar-refractivity contribution >= 4 is 0 Å². The molecule has 1 aromatic heterocycles. The smallest absolute Gasteiger partial charge is 0.169 e. The van der Waals surface area contributed by atoms with Crippen molar-refractivity contribution < 1.29 is 9.47 Å². The van der Waals surface area contributed by atoms with Gasteiger partial charge in [0, 0.05) is 38.7 Å². The number of aromatic nitrogens is 1. The van der Waals surface area contributed by atoms with Gasteiger partial charge in [-0.3, -0.25) is 4.98 Å². The molecule has 1 rings (SSSR count). The summed E-state index contributed by atoms with van der Waals surface area (Å²) in [4.78, 5) is 4.07. The second-order valence-electron chi connectivity index (χ2n) is 3.77. The van der Waals surface area contributed by atoms with Crippen LogP contribution in [0.4, 0.5) is 0 Å². The summed E-state index contributed by atoms with van der Waals surface area (Å²) < 4.78 is 10.9. The average molecular weight is 238 g/mol. The molecule has 0 saturated carbocycles. The molecule has 4 nitrogen and oxygen atoms in total. The standard InChI is InChI=1S/C13H22N2O2/c1-4-16-13(17-5-2)10-15-9-12-6-7-14-8-11(12)3/h6-8,13,15H,4-5,9-10H2,1-3H3. The first kappa shape index (κ1) is 14.1. The normalized spacial score (nSPS) is 11.1. The number of hydrogen-bond donors (Lipinski definition) is 1. The van der Waals surface area contributed by atoms with E-state index in [9.17, 15) is 0 Å². The maximum Gasteiger partial charge on any atom is 0.169 e. The Morgan fingerprint density at radius 3 is 2.59 bits per heavy atom. The van der Waals surface area contributed by atoms with Gasteiger partial charge in [-0.25, -0.2) is 0 Å². The van der Waals surface area contributed by atoms with Gasteiger partial charge in [0.25, 0.3) is 0 Å². The minimum absolute atomic E-state index is 0.160. The summed E-state index contributed by atoms with van der Waals surface area (Å²) >= 11 is 0. The van der Waals surface area contributed by atoms with E-state index in [0.29, 0.717) is 19.8 Å². The lowest BCUT2D eigenvalue weighted by molar-refractivity contribution is -0.133. The number of nitrogens with zero attached hydrogens (tertiary/aromatic N) is 1. The molecule has 0 saturated heterocycles. The Hall–Kier alpha value is -0.970. The molecule has 0 aliphatic carbocycles. The van der Waals surface area contributed by atoms with Gasteiger partial charge < -0.3 is 14.8 Å². The fraction of sp³-hybridized carbons (Fsp3) is 0.615. The molecule has 1 heterocycles. The van der Waals surface area contributed by atoms with Crippen molar-refractivity contribution in [2.75, 3.05) is 19.8 Å². The quantitative estimate of drug-likeness (QED) is 0.702. The summed E-state index contributed by atoms with van der Waals surface area (Å²) in [6.45, 7) is 8.85. The lowest BCUT2D eigenvalue weighted by Crippen LogP contribution is -2.31. The molecule has 0 bridgehead atoms. The van der Waals surface area contributed by atoms with Crippen molar-refractivity contribution in [3.63, 3.8) is 0 Å². The molecule has 1 aromatic rings. The highest BCUT2D eigenvalue weighted by molar-refractivity contribution is 5.21. The van der Waals surface area contributed by atoms with Gasteiger partial charge in [-0.2, -0.15) is 0 Å². The highest BCUT2D eigenvalue weighted by atomic mass is 16.7. The third kappa shape index (κ3) is 5.26. The Balaban J connectivity index is 2.33. The third-order valence-electron chi connectivity index (χ3n) is 2.47. The molecule has 1 N–H and O–H groups in total. The van der Waals surface area contributed by atoms with E-state index in [1.54, 1.807) is 0 Å². The Morgan fingerprint density at radius 1 is 1.29 bits per heavy atom. The first-order chi connectivity index (χ1) is 8.27. The number of aryl methyl sites for hydroxylation is 1. The molecule has 17 heavy (non-hydrogen) atoms. The van der Waals surface area contributed by atoms with Crippen molar-refractivity contribution in [1.29, 1.82) is 0 Å². The molecule has 0 fully saturated rings. The molecule has 4 heteroatoms. The summed E-state index contributed by atoms with van der Waals surface area (Å²) in [5.74, 6) is 0. The van der Waals surface area contributed by atoms with Crippen LogP contribution in [0.5, 0.6) is 0 Å². The fourth-order valence-electron chi connectivity index (χ4n) is 1.56. The fourth-order valence-corrected chi connectivity index (χ4v) is 1.56. The zero-order chi connectivity index (χ0) is 12.5. The predicted molar refractivity (Wildman–Crippen MR) is 67.7 cm³/mol. The molecule has 0 radical (unpaired) electrons. The van der Waals surface area contributed by atoms with Gasteiger partial charge in [0.2, 0.25) is 0 Å². The summed E-state index contributed by atoms with van der Waals surface area (Å²) in [6.07, 6.45) is 3.53. The Kier molecular flexibility index (Phi) is 6.77. The van der Waals surface area contributed by atoms with Gasteiger partial charge in [-0.05, 0) is 38.0 Å². The van der Waals surface area contributed by atoms with Crippen LogP contribution < -0.4 is 5.32 Å². The van der Waals surface area contributed by atoms with E-state index in [4.69, 9.17) is 9.47 Å². The summed E-state index contributed by atoms with van der Waals surface area (Å²) in [7, 11) is 0. The maximum atomic E-state index is 5.45. The Bertz CT molecular complexity index is 312. The van der Waals surface area contributed by atoms with E-state index in [1.165, 1.54) is 11.1 Å². The molecule has 0 aliphatic heterocycles. The SMILES string of the molecule is CCOC(CNCc1ccncc1C)OCC. The van der Waals surface area contributed by atoms with E-state index in [-0.39, 0.29) is 6.29 Å². The summed E-state index contributed by atoms with van der Waals surface area (Å²) in [5, 5.41) is 3.33. The highest BCUT2D eigenvalue weighted by Gasteiger charge is 2.07. The van der Waals surface area contributed by atoms with Crippen LogP contribution in [0.1, 0.15) is 25.0 Å². The van der Waals surface area contributed by atoms with E-state index in [0.717, 1.165) is 6.54 Å². The Labute approximate surface area is 103 Å². The minimum atomic E-state index is -0.160. The van der Waals surface area contributed by atoms with Crippen molar-refractivity contribution in [3.05, 3.63) is 29.6 Å². The molecular weight excluding hydrogens is 216 g/mol. The van der Waals surface area contributed by atoms with Crippen molar-refractivity contribution in [2.45, 2.75) is 33.6 Å². The van der Waals surface area contributed by atoms with Crippen LogP contribution >= 0.6 is 0 Å². The monoisotopic (exact) mass is 238 g/mol. The van der Waals surface area contributed by atoms with E-state index >= 15 is 0 Å². The van der Waals surface area contributed by atoms with Gasteiger partial charge in [0.15, 0.2) is 6.29 Å². The zero-order valence-electron chi connectivity index (χ0n) is 10.9. The second kappa shape index (κ2) is 8.17. The molecule has 0 aromatic carbocycles.